The lowest BCUT2D eigenvalue weighted by atomic mass is 9.88. The summed E-state index contributed by atoms with van der Waals surface area (Å²) in [7, 11) is 0. The molecule has 2 unspecified atom stereocenters. The molecule has 0 spiro atoms. The van der Waals surface area contributed by atoms with E-state index in [1.807, 2.05) is 0 Å². The van der Waals surface area contributed by atoms with Crippen LogP contribution in [0.15, 0.2) is 17.5 Å². The molecule has 2 heterocycles. The van der Waals surface area contributed by atoms with Crippen molar-refractivity contribution < 1.29 is 5.21 Å². The van der Waals surface area contributed by atoms with Gasteiger partial charge in [0, 0.05) is 25.5 Å². The number of anilines is 1. The van der Waals surface area contributed by atoms with Crippen molar-refractivity contribution >= 4 is 11.7 Å². The molecule has 98 valence electrons. The second-order valence-corrected chi connectivity index (χ2v) is 4.90. The Bertz CT molecular complexity index is 448. The molecule has 1 fully saturated rings. The molecule has 1 saturated heterocycles. The van der Waals surface area contributed by atoms with Crippen LogP contribution in [-0.2, 0) is 0 Å². The molecule has 1 aliphatic heterocycles. The fraction of sp³-hybridized carbons (Fsp3) is 0.583. The molecule has 1 aliphatic rings. The van der Waals surface area contributed by atoms with E-state index in [-0.39, 0.29) is 5.84 Å². The number of aromatic nitrogens is 2. The van der Waals surface area contributed by atoms with E-state index < -0.39 is 0 Å². The Balaban J connectivity index is 2.28. The molecule has 0 aliphatic carbocycles. The Kier molecular flexibility index (Phi) is 3.64. The van der Waals surface area contributed by atoms with Crippen LogP contribution in [-0.4, -0.2) is 34.1 Å². The molecule has 0 radical (unpaired) electrons. The molecular formula is C12H19N5O. The van der Waals surface area contributed by atoms with Gasteiger partial charge in [0.15, 0.2) is 17.3 Å². The maximum Gasteiger partial charge on any atom is 0.192 e. The molecule has 18 heavy (non-hydrogen) atoms. The predicted octanol–water partition coefficient (Wildman–Crippen LogP) is 1.05. The van der Waals surface area contributed by atoms with Gasteiger partial charge in [-0.2, -0.15) is 0 Å². The molecular weight excluding hydrogens is 230 g/mol. The first-order chi connectivity index (χ1) is 8.63. The van der Waals surface area contributed by atoms with E-state index in [1.54, 1.807) is 12.4 Å². The minimum absolute atomic E-state index is 0.00405. The van der Waals surface area contributed by atoms with Crippen molar-refractivity contribution in [2.24, 2.45) is 22.7 Å². The van der Waals surface area contributed by atoms with E-state index in [1.165, 1.54) is 0 Å². The summed E-state index contributed by atoms with van der Waals surface area (Å²) >= 11 is 0. The monoisotopic (exact) mass is 249 g/mol. The Hall–Kier alpha value is -1.85. The molecule has 0 amide bonds. The van der Waals surface area contributed by atoms with Gasteiger partial charge in [0.1, 0.15) is 0 Å². The van der Waals surface area contributed by atoms with Gasteiger partial charge < -0.3 is 15.8 Å². The van der Waals surface area contributed by atoms with Crippen molar-refractivity contribution in [3.8, 4) is 0 Å². The lowest BCUT2D eigenvalue weighted by Crippen LogP contribution is -2.40. The van der Waals surface area contributed by atoms with Crippen LogP contribution >= 0.6 is 0 Å². The highest BCUT2D eigenvalue weighted by Gasteiger charge is 2.26. The average Bonchev–Trinajstić information content (AvgIpc) is 2.41. The highest BCUT2D eigenvalue weighted by Crippen LogP contribution is 2.26. The van der Waals surface area contributed by atoms with E-state index >= 15 is 0 Å². The number of nitrogens with two attached hydrogens (primary N) is 1. The Morgan fingerprint density at radius 3 is 2.78 bits per heavy atom. The number of rotatable bonds is 2. The SMILES string of the molecule is CC1CCN(c2nccnc2C(N)=NO)CC1C. The highest BCUT2D eigenvalue weighted by atomic mass is 16.4. The Labute approximate surface area is 107 Å². The van der Waals surface area contributed by atoms with Gasteiger partial charge in [0.2, 0.25) is 0 Å². The van der Waals surface area contributed by atoms with Crippen LogP contribution in [0, 0.1) is 11.8 Å². The summed E-state index contributed by atoms with van der Waals surface area (Å²) in [5.41, 5.74) is 6.08. The maximum atomic E-state index is 8.78. The molecule has 2 atom stereocenters. The largest absolute Gasteiger partial charge is 0.409 e. The lowest BCUT2D eigenvalue weighted by Gasteiger charge is -2.36. The fourth-order valence-corrected chi connectivity index (χ4v) is 2.25. The summed E-state index contributed by atoms with van der Waals surface area (Å²) < 4.78 is 0. The molecule has 6 heteroatoms. The van der Waals surface area contributed by atoms with E-state index in [0.29, 0.717) is 23.3 Å². The quantitative estimate of drug-likeness (QED) is 0.354. The van der Waals surface area contributed by atoms with Crippen molar-refractivity contribution in [1.29, 1.82) is 0 Å². The summed E-state index contributed by atoms with van der Waals surface area (Å²) in [5.74, 6) is 2.02. The van der Waals surface area contributed by atoms with Crippen LogP contribution in [0.2, 0.25) is 0 Å². The van der Waals surface area contributed by atoms with Crippen LogP contribution in [0.4, 0.5) is 5.82 Å². The van der Waals surface area contributed by atoms with Crippen LogP contribution in [0.3, 0.4) is 0 Å². The summed E-state index contributed by atoms with van der Waals surface area (Å²) in [6.45, 7) is 6.35. The number of hydrogen-bond donors (Lipinski definition) is 2. The second-order valence-electron chi connectivity index (χ2n) is 4.90. The first-order valence-corrected chi connectivity index (χ1v) is 6.17. The van der Waals surface area contributed by atoms with E-state index in [0.717, 1.165) is 19.5 Å². The smallest absolute Gasteiger partial charge is 0.192 e. The first-order valence-electron chi connectivity index (χ1n) is 6.17. The van der Waals surface area contributed by atoms with Crippen molar-refractivity contribution in [2.75, 3.05) is 18.0 Å². The van der Waals surface area contributed by atoms with Crippen molar-refractivity contribution in [2.45, 2.75) is 20.3 Å². The molecule has 1 aromatic rings. The zero-order valence-corrected chi connectivity index (χ0v) is 10.7. The van der Waals surface area contributed by atoms with Gasteiger partial charge in [-0.25, -0.2) is 9.97 Å². The van der Waals surface area contributed by atoms with Gasteiger partial charge in [0.25, 0.3) is 0 Å². The van der Waals surface area contributed by atoms with Gasteiger partial charge in [-0.1, -0.05) is 19.0 Å². The van der Waals surface area contributed by atoms with Gasteiger partial charge in [-0.15, -0.1) is 0 Å². The molecule has 1 aromatic heterocycles. The fourth-order valence-electron chi connectivity index (χ4n) is 2.25. The summed E-state index contributed by atoms with van der Waals surface area (Å²) in [5, 5.41) is 11.8. The molecule has 6 nitrogen and oxygen atoms in total. The van der Waals surface area contributed by atoms with Crippen LogP contribution in [0.5, 0.6) is 0 Å². The summed E-state index contributed by atoms with van der Waals surface area (Å²) in [6, 6.07) is 0. The van der Waals surface area contributed by atoms with Crippen LogP contribution in [0.25, 0.3) is 0 Å². The van der Waals surface area contributed by atoms with E-state index in [4.69, 9.17) is 10.9 Å². The minimum atomic E-state index is 0.00405. The highest BCUT2D eigenvalue weighted by molar-refractivity contribution is 5.99. The van der Waals surface area contributed by atoms with Crippen molar-refractivity contribution in [1.82, 2.24) is 9.97 Å². The van der Waals surface area contributed by atoms with Crippen LogP contribution < -0.4 is 10.6 Å². The van der Waals surface area contributed by atoms with E-state index in [9.17, 15) is 0 Å². The minimum Gasteiger partial charge on any atom is -0.409 e. The van der Waals surface area contributed by atoms with Gasteiger partial charge >= 0.3 is 0 Å². The third-order valence-corrected chi connectivity index (χ3v) is 3.66. The van der Waals surface area contributed by atoms with Crippen molar-refractivity contribution in [3.63, 3.8) is 0 Å². The summed E-state index contributed by atoms with van der Waals surface area (Å²) in [6.07, 6.45) is 4.30. The molecule has 0 bridgehead atoms. The van der Waals surface area contributed by atoms with Crippen molar-refractivity contribution in [3.05, 3.63) is 18.1 Å². The third kappa shape index (κ3) is 2.37. The zero-order valence-electron chi connectivity index (χ0n) is 10.7. The zero-order chi connectivity index (χ0) is 13.1. The standard InChI is InChI=1S/C12H19N5O/c1-8-3-6-17(7-9(8)2)12-10(11(13)16-18)14-4-5-15-12/h4-5,8-9,18H,3,6-7H2,1-2H3,(H2,13,16). The molecule has 3 N–H and O–H groups in total. The number of oxime groups is 1. The lowest BCUT2D eigenvalue weighted by molar-refractivity contribution is 0.317. The molecule has 0 saturated carbocycles. The third-order valence-electron chi connectivity index (χ3n) is 3.66. The Morgan fingerprint density at radius 2 is 2.11 bits per heavy atom. The summed E-state index contributed by atoms with van der Waals surface area (Å²) in [4.78, 5) is 10.6. The number of amidine groups is 1. The van der Waals surface area contributed by atoms with E-state index in [2.05, 4.69) is 33.9 Å². The first kappa shape index (κ1) is 12.6. The molecule has 2 rings (SSSR count). The molecule has 0 aromatic carbocycles. The van der Waals surface area contributed by atoms with Gasteiger partial charge in [-0.05, 0) is 18.3 Å². The van der Waals surface area contributed by atoms with Crippen LogP contribution in [0.1, 0.15) is 26.0 Å². The number of nitrogens with zero attached hydrogens (tertiary/aromatic N) is 4. The topological polar surface area (TPSA) is 87.6 Å². The normalized spacial score (nSPS) is 25.2. The second kappa shape index (κ2) is 5.20. The average molecular weight is 249 g/mol. The number of piperidine rings is 1. The Morgan fingerprint density at radius 1 is 1.39 bits per heavy atom. The predicted molar refractivity (Wildman–Crippen MR) is 69.7 cm³/mol. The number of hydrogen-bond acceptors (Lipinski definition) is 5. The maximum absolute atomic E-state index is 8.78. The van der Waals surface area contributed by atoms with Gasteiger partial charge in [0.05, 0.1) is 0 Å². The van der Waals surface area contributed by atoms with Gasteiger partial charge in [-0.3, -0.25) is 0 Å².